The Morgan fingerprint density at radius 3 is 2.41 bits per heavy atom. The molecule has 0 saturated carbocycles. The lowest BCUT2D eigenvalue weighted by molar-refractivity contribution is 0.102. The Hall–Kier alpha value is -3.26. The number of piperazine rings is 1. The summed E-state index contributed by atoms with van der Waals surface area (Å²) in [5, 5.41) is 6.38. The summed E-state index contributed by atoms with van der Waals surface area (Å²) in [6.07, 6.45) is 0. The van der Waals surface area contributed by atoms with Crippen LogP contribution in [0.1, 0.15) is 10.4 Å². The van der Waals surface area contributed by atoms with E-state index in [0.717, 1.165) is 42.9 Å². The summed E-state index contributed by atoms with van der Waals surface area (Å²) < 4.78 is 8.56. The maximum atomic E-state index is 13.0. The van der Waals surface area contributed by atoms with Crippen LogP contribution in [0, 0.1) is 0 Å². The van der Waals surface area contributed by atoms with Gasteiger partial charge in [0.25, 0.3) is 5.91 Å². The summed E-state index contributed by atoms with van der Waals surface area (Å²) in [5.74, 6) is 0.265. The van der Waals surface area contributed by atoms with Crippen molar-refractivity contribution in [1.29, 1.82) is 0 Å². The Balaban J connectivity index is 1.81. The van der Waals surface area contributed by atoms with Gasteiger partial charge in [-0.25, -0.2) is 4.79 Å². The molecule has 1 aliphatic rings. The van der Waals surface area contributed by atoms with Crippen LogP contribution in [0.3, 0.4) is 0 Å². The van der Waals surface area contributed by atoms with Crippen molar-refractivity contribution in [3.8, 4) is 5.75 Å². The maximum Gasteiger partial charge on any atom is 0.328 e. The molecular formula is C21H25N5O3. The van der Waals surface area contributed by atoms with Crippen molar-refractivity contribution >= 4 is 28.3 Å². The second-order valence-electron chi connectivity index (χ2n) is 7.15. The van der Waals surface area contributed by atoms with Gasteiger partial charge in [0, 0.05) is 40.3 Å². The van der Waals surface area contributed by atoms with Gasteiger partial charge in [0.15, 0.2) is 0 Å². The fraction of sp³-hybridized carbons (Fsp3) is 0.333. The molecular weight excluding hydrogens is 370 g/mol. The molecule has 2 aromatic carbocycles. The van der Waals surface area contributed by atoms with Gasteiger partial charge < -0.3 is 20.3 Å². The molecule has 0 unspecified atom stereocenters. The number of benzene rings is 2. The number of methoxy groups -OCH3 is 1. The van der Waals surface area contributed by atoms with Crippen LogP contribution >= 0.6 is 0 Å². The lowest BCUT2D eigenvalue weighted by Crippen LogP contribution is -2.43. The lowest BCUT2D eigenvalue weighted by atomic mass is 10.1. The summed E-state index contributed by atoms with van der Waals surface area (Å²) >= 11 is 0. The molecule has 8 nitrogen and oxygen atoms in total. The van der Waals surface area contributed by atoms with Gasteiger partial charge in [-0.15, -0.1) is 0 Å². The zero-order valence-electron chi connectivity index (χ0n) is 16.9. The van der Waals surface area contributed by atoms with Crippen LogP contribution in [0.15, 0.2) is 41.2 Å². The zero-order valence-corrected chi connectivity index (χ0v) is 16.9. The number of ether oxygens (including phenoxy) is 1. The van der Waals surface area contributed by atoms with Crippen molar-refractivity contribution in [1.82, 2.24) is 14.5 Å². The number of nitrogens with one attached hydrogen (secondary N) is 2. The van der Waals surface area contributed by atoms with E-state index in [4.69, 9.17) is 4.74 Å². The highest BCUT2D eigenvalue weighted by atomic mass is 16.5. The predicted molar refractivity (Wildman–Crippen MR) is 114 cm³/mol. The molecule has 1 aromatic heterocycles. The van der Waals surface area contributed by atoms with Crippen molar-refractivity contribution in [3.05, 3.63) is 52.4 Å². The van der Waals surface area contributed by atoms with Gasteiger partial charge in [0.2, 0.25) is 0 Å². The number of carbonyl (C=O) groups excluding carboxylic acids is 1. The number of amides is 1. The molecule has 0 bridgehead atoms. The normalized spacial score (nSPS) is 14.2. The average molecular weight is 395 g/mol. The van der Waals surface area contributed by atoms with Crippen molar-refractivity contribution in [2.75, 3.05) is 43.5 Å². The van der Waals surface area contributed by atoms with Crippen LogP contribution in [-0.4, -0.2) is 48.3 Å². The van der Waals surface area contributed by atoms with Gasteiger partial charge in [0.05, 0.1) is 35.1 Å². The second kappa shape index (κ2) is 7.63. The largest absolute Gasteiger partial charge is 0.496 e. The van der Waals surface area contributed by atoms with Crippen molar-refractivity contribution in [3.63, 3.8) is 0 Å². The minimum Gasteiger partial charge on any atom is -0.496 e. The van der Waals surface area contributed by atoms with E-state index in [2.05, 4.69) is 15.5 Å². The molecule has 29 heavy (non-hydrogen) atoms. The Kier molecular flexibility index (Phi) is 5.02. The van der Waals surface area contributed by atoms with Crippen molar-refractivity contribution in [2.45, 2.75) is 0 Å². The quantitative estimate of drug-likeness (QED) is 0.701. The Bertz CT molecular complexity index is 1130. The van der Waals surface area contributed by atoms with Gasteiger partial charge in [0.1, 0.15) is 5.75 Å². The predicted octanol–water partition coefficient (Wildman–Crippen LogP) is 1.55. The van der Waals surface area contributed by atoms with Crippen LogP contribution in [0.2, 0.25) is 0 Å². The third-order valence-corrected chi connectivity index (χ3v) is 5.45. The molecule has 152 valence electrons. The molecule has 2 heterocycles. The number of carbonyl (C=O) groups is 1. The average Bonchev–Trinajstić information content (AvgIpc) is 2.97. The number of hydrogen-bond donors (Lipinski definition) is 2. The minimum absolute atomic E-state index is 0.0977. The molecule has 0 aliphatic carbocycles. The first-order chi connectivity index (χ1) is 14.0. The fourth-order valence-electron chi connectivity index (χ4n) is 3.82. The summed E-state index contributed by atoms with van der Waals surface area (Å²) in [6, 6.07) is 11.0. The van der Waals surface area contributed by atoms with E-state index in [1.807, 2.05) is 18.2 Å². The van der Waals surface area contributed by atoms with Crippen LogP contribution < -0.4 is 26.0 Å². The highest BCUT2D eigenvalue weighted by Gasteiger charge is 2.21. The van der Waals surface area contributed by atoms with Crippen LogP contribution in [0.4, 0.5) is 11.4 Å². The number of imidazole rings is 1. The molecule has 3 aromatic rings. The molecule has 1 amide bonds. The number of fused-ring (bicyclic) bond motifs is 1. The number of hydrogen-bond acceptors (Lipinski definition) is 5. The topological polar surface area (TPSA) is 80.5 Å². The molecule has 0 atom stereocenters. The van der Waals surface area contributed by atoms with Crippen molar-refractivity contribution < 1.29 is 9.53 Å². The van der Waals surface area contributed by atoms with E-state index in [0.29, 0.717) is 17.0 Å². The molecule has 0 spiro atoms. The summed E-state index contributed by atoms with van der Waals surface area (Å²) in [7, 11) is 5.05. The first-order valence-corrected chi connectivity index (χ1v) is 9.60. The van der Waals surface area contributed by atoms with E-state index < -0.39 is 0 Å². The molecule has 4 rings (SSSR count). The van der Waals surface area contributed by atoms with Gasteiger partial charge >= 0.3 is 5.69 Å². The molecule has 8 heteroatoms. The highest BCUT2D eigenvalue weighted by molar-refractivity contribution is 6.09. The van der Waals surface area contributed by atoms with E-state index in [9.17, 15) is 9.59 Å². The third-order valence-electron chi connectivity index (χ3n) is 5.45. The molecule has 1 fully saturated rings. The van der Waals surface area contributed by atoms with Gasteiger partial charge in [-0.1, -0.05) is 12.1 Å². The molecule has 0 radical (unpaired) electrons. The Morgan fingerprint density at radius 1 is 1.07 bits per heavy atom. The summed E-state index contributed by atoms with van der Waals surface area (Å²) in [5.41, 5.74) is 3.55. The number of aryl methyl sites for hydroxylation is 2. The fourth-order valence-corrected chi connectivity index (χ4v) is 3.82. The standard InChI is InChI=1S/C21H25N5O3/c1-24-17-12-15(23-20(27)14-6-4-5-7-19(14)29-3)16(26-10-8-22-9-11-26)13-18(17)25(2)21(24)28/h4-7,12-13,22H,8-11H2,1-3H3,(H,23,27). The number of rotatable bonds is 4. The number of aromatic nitrogens is 2. The Labute approximate surface area is 168 Å². The number of anilines is 2. The van der Waals surface area contributed by atoms with Crippen LogP contribution in [-0.2, 0) is 14.1 Å². The first kappa shape index (κ1) is 19.1. The molecule has 1 saturated heterocycles. The number of para-hydroxylation sites is 1. The highest BCUT2D eigenvalue weighted by Crippen LogP contribution is 2.32. The summed E-state index contributed by atoms with van der Waals surface area (Å²) in [4.78, 5) is 27.7. The monoisotopic (exact) mass is 395 g/mol. The smallest absolute Gasteiger partial charge is 0.328 e. The zero-order chi connectivity index (χ0) is 20.5. The van der Waals surface area contributed by atoms with Gasteiger partial charge in [-0.2, -0.15) is 0 Å². The SMILES string of the molecule is COc1ccccc1C(=O)Nc1cc2c(cc1N1CCNCC1)n(C)c(=O)n2C. The van der Waals surface area contributed by atoms with Crippen LogP contribution in [0.25, 0.3) is 11.0 Å². The number of nitrogens with zero attached hydrogens (tertiary/aromatic N) is 3. The van der Waals surface area contributed by atoms with Crippen LogP contribution in [0.5, 0.6) is 5.75 Å². The van der Waals surface area contributed by atoms with Crippen molar-refractivity contribution in [2.24, 2.45) is 14.1 Å². The summed E-state index contributed by atoms with van der Waals surface area (Å²) in [6.45, 7) is 3.38. The van der Waals surface area contributed by atoms with E-state index >= 15 is 0 Å². The lowest BCUT2D eigenvalue weighted by Gasteiger charge is -2.31. The third kappa shape index (κ3) is 3.36. The second-order valence-corrected chi connectivity index (χ2v) is 7.15. The van der Waals surface area contributed by atoms with E-state index in [1.54, 1.807) is 48.5 Å². The molecule has 1 aliphatic heterocycles. The van der Waals surface area contributed by atoms with Gasteiger partial charge in [-0.05, 0) is 24.3 Å². The van der Waals surface area contributed by atoms with Gasteiger partial charge in [-0.3, -0.25) is 13.9 Å². The molecule has 2 N–H and O–H groups in total. The van der Waals surface area contributed by atoms with E-state index in [1.165, 1.54) is 0 Å². The maximum absolute atomic E-state index is 13.0. The Morgan fingerprint density at radius 2 is 1.72 bits per heavy atom. The van der Waals surface area contributed by atoms with E-state index in [-0.39, 0.29) is 11.6 Å². The minimum atomic E-state index is -0.251. The first-order valence-electron chi connectivity index (χ1n) is 9.60.